The van der Waals surface area contributed by atoms with Crippen LogP contribution >= 0.6 is 0 Å². The highest BCUT2D eigenvalue weighted by atomic mass is 19.4. The fourth-order valence-corrected chi connectivity index (χ4v) is 5.13. The van der Waals surface area contributed by atoms with Crippen molar-refractivity contribution < 1.29 is 50.5 Å². The number of hydrogen-bond acceptors (Lipinski definition) is 5. The predicted octanol–water partition coefficient (Wildman–Crippen LogP) is 7.89. The number of nitrogens with zero attached hydrogens (tertiary/aromatic N) is 1. The molecule has 1 fully saturated rings. The van der Waals surface area contributed by atoms with Gasteiger partial charge in [-0.05, 0) is 72.9 Å². The molecule has 7 nitrogen and oxygen atoms in total. The molecule has 2 N–H and O–H groups in total. The van der Waals surface area contributed by atoms with Gasteiger partial charge in [0, 0.05) is 5.56 Å². The van der Waals surface area contributed by atoms with Gasteiger partial charge in [0.15, 0.2) is 0 Å². The van der Waals surface area contributed by atoms with Gasteiger partial charge in [-0.15, -0.1) is 0 Å². The zero-order valence-electron chi connectivity index (χ0n) is 25.4. The number of hydrogen-bond donors (Lipinski definition) is 2. The lowest BCUT2D eigenvalue weighted by molar-refractivity contribution is -0.376. The summed E-state index contributed by atoms with van der Waals surface area (Å²) in [7, 11) is 0. The Morgan fingerprint density at radius 1 is 0.870 bits per heavy atom. The first-order chi connectivity index (χ1) is 21.5. The standard InChI is InChI=1S/C33H34F6N2O5/c1-4-6-17-45-25-14-11-23(12-15-25)30(3)28(42)41(29(43)40-30)20-21-9-7-10-26(18-21)46-27-16-13-24(19-22(27)8-5-2)31(44,32(34,35)36)33(37,38)39/h7,9-16,18-19,44H,4-6,8,17,20H2,1-3H3,(H,40,43). The molecule has 4 rings (SSSR count). The fourth-order valence-electron chi connectivity index (χ4n) is 5.13. The van der Waals surface area contributed by atoms with Gasteiger partial charge in [-0.3, -0.25) is 9.69 Å². The van der Waals surface area contributed by atoms with Crippen LogP contribution in [0.25, 0.3) is 0 Å². The Morgan fingerprint density at radius 3 is 2.15 bits per heavy atom. The largest absolute Gasteiger partial charge is 0.494 e. The number of amides is 3. The molecule has 3 amide bonds. The molecule has 0 aromatic heterocycles. The van der Waals surface area contributed by atoms with Crippen LogP contribution < -0.4 is 14.8 Å². The summed E-state index contributed by atoms with van der Waals surface area (Å²) in [4.78, 5) is 27.4. The molecule has 0 bridgehead atoms. The van der Waals surface area contributed by atoms with Crippen molar-refractivity contribution in [3.8, 4) is 17.2 Å². The second-order valence-electron chi connectivity index (χ2n) is 11.2. The number of rotatable bonds is 12. The first-order valence-corrected chi connectivity index (χ1v) is 14.7. The van der Waals surface area contributed by atoms with Crippen LogP contribution in [0.1, 0.15) is 62.3 Å². The molecule has 1 unspecified atom stereocenters. The minimum atomic E-state index is -6.02. The average molecular weight is 653 g/mol. The summed E-state index contributed by atoms with van der Waals surface area (Å²) >= 11 is 0. The van der Waals surface area contributed by atoms with Crippen LogP contribution in [0.3, 0.4) is 0 Å². The minimum Gasteiger partial charge on any atom is -0.494 e. The molecule has 0 spiro atoms. The maximum absolute atomic E-state index is 13.5. The van der Waals surface area contributed by atoms with E-state index in [1.165, 1.54) is 12.1 Å². The third-order valence-corrected chi connectivity index (χ3v) is 7.76. The Balaban J connectivity index is 1.54. The van der Waals surface area contributed by atoms with Gasteiger partial charge >= 0.3 is 18.4 Å². The van der Waals surface area contributed by atoms with Crippen molar-refractivity contribution in [3.63, 3.8) is 0 Å². The van der Waals surface area contributed by atoms with Gasteiger partial charge < -0.3 is 19.9 Å². The molecule has 46 heavy (non-hydrogen) atoms. The van der Waals surface area contributed by atoms with E-state index in [0.717, 1.165) is 23.8 Å². The number of aryl methyl sites for hydroxylation is 1. The van der Waals surface area contributed by atoms with Gasteiger partial charge in [0.05, 0.1) is 13.2 Å². The van der Waals surface area contributed by atoms with Crippen LogP contribution in [0, 0.1) is 0 Å². The number of carbonyl (C=O) groups excluding carboxylic acids is 2. The molecule has 1 aliphatic rings. The summed E-state index contributed by atoms with van der Waals surface area (Å²) in [5, 5.41) is 12.6. The summed E-state index contributed by atoms with van der Waals surface area (Å²) in [5.41, 5.74) is -6.73. The van der Waals surface area contributed by atoms with Crippen LogP contribution in [0.15, 0.2) is 66.7 Å². The first kappa shape index (κ1) is 34.6. The zero-order chi connectivity index (χ0) is 33.9. The number of halogens is 6. The number of imide groups is 1. The molecule has 1 saturated heterocycles. The summed E-state index contributed by atoms with van der Waals surface area (Å²) in [6.07, 6.45) is -9.75. The second kappa shape index (κ2) is 13.2. The normalized spacial score (nSPS) is 17.3. The third-order valence-electron chi connectivity index (χ3n) is 7.76. The predicted molar refractivity (Wildman–Crippen MR) is 156 cm³/mol. The molecule has 3 aromatic rings. The molecule has 1 atom stereocenters. The van der Waals surface area contributed by atoms with E-state index in [-0.39, 0.29) is 30.0 Å². The van der Waals surface area contributed by atoms with Gasteiger partial charge in [0.1, 0.15) is 22.8 Å². The zero-order valence-corrected chi connectivity index (χ0v) is 25.4. The summed E-state index contributed by atoms with van der Waals surface area (Å²) in [6.45, 7) is 5.74. The number of alkyl halides is 6. The average Bonchev–Trinajstić information content (AvgIpc) is 3.21. The summed E-state index contributed by atoms with van der Waals surface area (Å²) in [5.74, 6) is 0.294. The third kappa shape index (κ3) is 6.79. The van der Waals surface area contributed by atoms with Gasteiger partial charge in [0.25, 0.3) is 11.5 Å². The lowest BCUT2D eigenvalue weighted by Crippen LogP contribution is -2.53. The Hall–Kier alpha value is -4.26. The van der Waals surface area contributed by atoms with Gasteiger partial charge in [0.2, 0.25) is 0 Å². The number of urea groups is 1. The van der Waals surface area contributed by atoms with Gasteiger partial charge in [-0.25, -0.2) is 4.79 Å². The van der Waals surface area contributed by atoms with E-state index >= 15 is 0 Å². The quantitative estimate of drug-likeness (QED) is 0.118. The maximum atomic E-state index is 13.5. The fraction of sp³-hybridized carbons (Fsp3) is 0.394. The van der Waals surface area contributed by atoms with Crippen LogP contribution in [0.2, 0.25) is 0 Å². The smallest absolute Gasteiger partial charge is 0.430 e. The van der Waals surface area contributed by atoms with Crippen LogP contribution in [-0.4, -0.2) is 40.9 Å². The maximum Gasteiger partial charge on any atom is 0.430 e. The number of unbranched alkanes of at least 4 members (excludes halogenated alkanes) is 1. The van der Waals surface area contributed by atoms with Crippen molar-refractivity contribution in [1.82, 2.24) is 10.2 Å². The first-order valence-electron chi connectivity index (χ1n) is 14.7. The Labute approximate surface area is 262 Å². The number of benzene rings is 3. The molecule has 248 valence electrons. The van der Waals surface area contributed by atoms with Crippen molar-refractivity contribution in [2.75, 3.05) is 6.61 Å². The topological polar surface area (TPSA) is 88.1 Å². The van der Waals surface area contributed by atoms with E-state index in [2.05, 4.69) is 5.32 Å². The van der Waals surface area contributed by atoms with E-state index in [1.54, 1.807) is 50.2 Å². The molecule has 13 heteroatoms. The molecule has 1 heterocycles. The van der Waals surface area contributed by atoms with E-state index in [4.69, 9.17) is 9.47 Å². The SMILES string of the molecule is CCCCOc1ccc(C2(C)NC(=O)N(Cc3cccc(Oc4ccc(C(O)(C(F)(F)F)C(F)(F)F)cc4CCC)c3)C2=O)cc1. The lowest BCUT2D eigenvalue weighted by atomic mass is 9.90. The minimum absolute atomic E-state index is 0.0147. The molecule has 3 aromatic carbocycles. The number of aliphatic hydroxyl groups is 1. The van der Waals surface area contributed by atoms with Crippen LogP contribution in [0.4, 0.5) is 31.1 Å². The Kier molecular flexibility index (Phi) is 9.95. The summed E-state index contributed by atoms with van der Waals surface area (Å²) < 4.78 is 92.3. The number of nitrogens with one attached hydrogen (secondary N) is 1. The molecule has 0 radical (unpaired) electrons. The number of ether oxygens (including phenoxy) is 2. The highest BCUT2D eigenvalue weighted by molar-refractivity contribution is 6.07. The Morgan fingerprint density at radius 2 is 1.54 bits per heavy atom. The second-order valence-corrected chi connectivity index (χ2v) is 11.2. The molecular weight excluding hydrogens is 618 g/mol. The molecular formula is C33H34F6N2O5. The monoisotopic (exact) mass is 652 g/mol. The highest BCUT2D eigenvalue weighted by Crippen LogP contribution is 2.50. The van der Waals surface area contributed by atoms with Gasteiger partial charge in [-0.2, -0.15) is 26.3 Å². The van der Waals surface area contributed by atoms with Crippen molar-refractivity contribution >= 4 is 11.9 Å². The Bertz CT molecular complexity index is 1540. The summed E-state index contributed by atoms with van der Waals surface area (Å²) in [6, 6.07) is 14.6. The molecule has 0 saturated carbocycles. The number of carbonyl (C=O) groups is 2. The van der Waals surface area contributed by atoms with Crippen molar-refractivity contribution in [2.45, 2.75) is 76.5 Å². The molecule has 1 aliphatic heterocycles. The van der Waals surface area contributed by atoms with Crippen molar-refractivity contribution in [2.24, 2.45) is 0 Å². The lowest BCUT2D eigenvalue weighted by Gasteiger charge is -2.33. The molecule has 0 aliphatic carbocycles. The van der Waals surface area contributed by atoms with Crippen LogP contribution in [0.5, 0.6) is 17.2 Å². The van der Waals surface area contributed by atoms with Crippen molar-refractivity contribution in [3.05, 3.63) is 89.0 Å². The van der Waals surface area contributed by atoms with Crippen LogP contribution in [-0.2, 0) is 28.9 Å². The van der Waals surface area contributed by atoms with E-state index in [9.17, 15) is 41.0 Å². The van der Waals surface area contributed by atoms with E-state index in [1.807, 2.05) is 6.92 Å². The van der Waals surface area contributed by atoms with Gasteiger partial charge in [-0.1, -0.05) is 57.0 Å². The highest BCUT2D eigenvalue weighted by Gasteiger charge is 2.71. The van der Waals surface area contributed by atoms with Crippen molar-refractivity contribution in [1.29, 1.82) is 0 Å². The van der Waals surface area contributed by atoms with E-state index in [0.29, 0.717) is 42.0 Å². The van der Waals surface area contributed by atoms with E-state index < -0.39 is 41.0 Å².